The van der Waals surface area contributed by atoms with E-state index in [-0.39, 0.29) is 5.75 Å². The number of ether oxygens (including phenoxy) is 2. The molecule has 0 bridgehead atoms. The van der Waals surface area contributed by atoms with Gasteiger partial charge in [-0.1, -0.05) is 13.0 Å². The number of aromatic hydroxyl groups is 1. The van der Waals surface area contributed by atoms with Gasteiger partial charge in [0.05, 0.1) is 25.3 Å². The van der Waals surface area contributed by atoms with Crippen molar-refractivity contribution >= 4 is 11.0 Å². The molecule has 1 fully saturated rings. The van der Waals surface area contributed by atoms with E-state index in [0.29, 0.717) is 46.2 Å². The summed E-state index contributed by atoms with van der Waals surface area (Å²) in [6, 6.07) is 10.6. The molecular weight excluding hydrogens is 382 g/mol. The molecule has 1 aliphatic heterocycles. The van der Waals surface area contributed by atoms with E-state index in [0.717, 1.165) is 24.9 Å². The molecule has 1 N–H and O–H groups in total. The number of fused-ring (bicyclic) bond motifs is 1. The summed E-state index contributed by atoms with van der Waals surface area (Å²) >= 11 is 0. The predicted octanol–water partition coefficient (Wildman–Crippen LogP) is 4.41. The van der Waals surface area contributed by atoms with Crippen LogP contribution in [0.25, 0.3) is 22.1 Å². The summed E-state index contributed by atoms with van der Waals surface area (Å²) in [7, 11) is 3.13. The largest absolute Gasteiger partial charge is 0.507 e. The fourth-order valence-corrected chi connectivity index (χ4v) is 4.24. The molecule has 30 heavy (non-hydrogen) atoms. The number of hydrogen-bond acceptors (Lipinski definition) is 6. The molecule has 4 rings (SSSR count). The zero-order valence-corrected chi connectivity index (χ0v) is 17.6. The van der Waals surface area contributed by atoms with E-state index in [9.17, 15) is 9.90 Å². The van der Waals surface area contributed by atoms with E-state index in [1.165, 1.54) is 6.42 Å². The molecule has 0 saturated carbocycles. The summed E-state index contributed by atoms with van der Waals surface area (Å²) < 4.78 is 16.4. The van der Waals surface area contributed by atoms with Gasteiger partial charge in [-0.25, -0.2) is 4.79 Å². The number of phenolic OH excluding ortho intramolecular Hbond substituents is 1. The average Bonchev–Trinajstić information content (AvgIpc) is 2.75. The first-order valence-corrected chi connectivity index (χ1v) is 10.2. The Morgan fingerprint density at radius 1 is 1.13 bits per heavy atom. The Balaban J connectivity index is 1.76. The molecule has 0 amide bonds. The number of hydrogen-bond donors (Lipinski definition) is 1. The van der Waals surface area contributed by atoms with E-state index in [1.807, 2.05) is 6.07 Å². The van der Waals surface area contributed by atoms with E-state index < -0.39 is 5.63 Å². The fourth-order valence-electron chi connectivity index (χ4n) is 4.24. The molecular formula is C24H27NO5. The SMILES string of the molecule is COc1ccc(-c2cc3ccc(O)c(CN4CCC[C@@H](C)C4)c3oc2=O)cc1OC. The highest BCUT2D eigenvalue weighted by atomic mass is 16.5. The molecule has 0 spiro atoms. The van der Waals surface area contributed by atoms with Crippen LogP contribution in [0, 0.1) is 5.92 Å². The number of phenols is 1. The van der Waals surface area contributed by atoms with Crippen LogP contribution in [0.1, 0.15) is 25.3 Å². The zero-order chi connectivity index (χ0) is 21.3. The Morgan fingerprint density at radius 3 is 2.67 bits per heavy atom. The minimum absolute atomic E-state index is 0.155. The van der Waals surface area contributed by atoms with Crippen LogP contribution in [0.5, 0.6) is 17.2 Å². The minimum atomic E-state index is -0.450. The Bertz CT molecular complexity index is 1120. The Morgan fingerprint density at radius 2 is 1.93 bits per heavy atom. The molecule has 2 aromatic carbocycles. The quantitative estimate of drug-likeness (QED) is 0.629. The summed E-state index contributed by atoms with van der Waals surface area (Å²) in [5.74, 6) is 1.91. The maximum Gasteiger partial charge on any atom is 0.344 e. The number of nitrogens with zero attached hydrogens (tertiary/aromatic N) is 1. The molecule has 1 aromatic heterocycles. The van der Waals surface area contributed by atoms with Crippen molar-refractivity contribution in [3.05, 3.63) is 52.4 Å². The third kappa shape index (κ3) is 3.87. The van der Waals surface area contributed by atoms with Gasteiger partial charge in [0.15, 0.2) is 11.5 Å². The van der Waals surface area contributed by atoms with Gasteiger partial charge in [-0.15, -0.1) is 0 Å². The van der Waals surface area contributed by atoms with Crippen molar-refractivity contribution in [3.8, 4) is 28.4 Å². The molecule has 3 aromatic rings. The minimum Gasteiger partial charge on any atom is -0.507 e. The van der Waals surface area contributed by atoms with Gasteiger partial charge in [0.25, 0.3) is 0 Å². The van der Waals surface area contributed by atoms with Crippen molar-refractivity contribution in [1.29, 1.82) is 0 Å². The third-order valence-electron chi connectivity index (χ3n) is 5.80. The third-order valence-corrected chi connectivity index (χ3v) is 5.80. The fraction of sp³-hybridized carbons (Fsp3) is 0.375. The second-order valence-corrected chi connectivity index (χ2v) is 7.98. The van der Waals surface area contributed by atoms with Crippen molar-refractivity contribution in [2.75, 3.05) is 27.3 Å². The second kappa shape index (κ2) is 8.40. The topological polar surface area (TPSA) is 72.1 Å². The van der Waals surface area contributed by atoms with E-state index in [1.54, 1.807) is 44.6 Å². The maximum absolute atomic E-state index is 12.9. The average molecular weight is 409 g/mol. The molecule has 1 saturated heterocycles. The molecule has 0 radical (unpaired) electrons. The van der Waals surface area contributed by atoms with Gasteiger partial charge in [-0.05, 0) is 61.2 Å². The van der Waals surface area contributed by atoms with Gasteiger partial charge in [0.2, 0.25) is 0 Å². The standard InChI is InChI=1S/C24H27NO5/c1-15-5-4-10-25(13-15)14-19-20(26)8-6-17-11-18(24(27)30-23(17)19)16-7-9-21(28-2)22(12-16)29-3/h6-9,11-12,15,26H,4-5,10,13-14H2,1-3H3/t15-/m1/s1. The van der Waals surface area contributed by atoms with Crippen LogP contribution >= 0.6 is 0 Å². The second-order valence-electron chi connectivity index (χ2n) is 7.98. The first-order valence-electron chi connectivity index (χ1n) is 10.2. The number of benzene rings is 2. The highest BCUT2D eigenvalue weighted by Crippen LogP contribution is 2.34. The normalized spacial score (nSPS) is 17.2. The molecule has 158 valence electrons. The monoisotopic (exact) mass is 409 g/mol. The first-order chi connectivity index (χ1) is 14.5. The summed E-state index contributed by atoms with van der Waals surface area (Å²) in [5, 5.41) is 11.3. The smallest absolute Gasteiger partial charge is 0.344 e. The van der Waals surface area contributed by atoms with Crippen molar-refractivity contribution < 1.29 is 19.0 Å². The van der Waals surface area contributed by atoms with Gasteiger partial charge in [0.1, 0.15) is 11.3 Å². The maximum atomic E-state index is 12.9. The van der Waals surface area contributed by atoms with Crippen LogP contribution in [0.2, 0.25) is 0 Å². The molecule has 1 atom stereocenters. The lowest BCUT2D eigenvalue weighted by Crippen LogP contribution is -2.33. The molecule has 1 aliphatic rings. The molecule has 2 heterocycles. The Labute approximate surface area is 175 Å². The van der Waals surface area contributed by atoms with Crippen molar-refractivity contribution in [2.24, 2.45) is 5.92 Å². The molecule has 6 heteroatoms. The summed E-state index contributed by atoms with van der Waals surface area (Å²) in [6.45, 7) is 4.76. The predicted molar refractivity (Wildman–Crippen MR) is 116 cm³/mol. The van der Waals surface area contributed by atoms with Crippen LogP contribution < -0.4 is 15.1 Å². The van der Waals surface area contributed by atoms with Gasteiger partial charge < -0.3 is 19.0 Å². The number of rotatable bonds is 5. The van der Waals surface area contributed by atoms with Crippen molar-refractivity contribution in [2.45, 2.75) is 26.3 Å². The lowest BCUT2D eigenvalue weighted by molar-refractivity contribution is 0.175. The van der Waals surface area contributed by atoms with Gasteiger partial charge in [-0.3, -0.25) is 4.90 Å². The summed E-state index contributed by atoms with van der Waals surface area (Å²) in [5.41, 5.74) is 1.78. The van der Waals surface area contributed by atoms with Gasteiger partial charge in [0, 0.05) is 18.5 Å². The zero-order valence-electron chi connectivity index (χ0n) is 17.6. The molecule has 6 nitrogen and oxygen atoms in total. The Hall–Kier alpha value is -2.99. The first kappa shape index (κ1) is 20.3. The lowest BCUT2D eigenvalue weighted by atomic mass is 9.99. The number of methoxy groups -OCH3 is 2. The van der Waals surface area contributed by atoms with Crippen LogP contribution in [0.3, 0.4) is 0 Å². The molecule has 0 unspecified atom stereocenters. The summed E-state index contributed by atoms with van der Waals surface area (Å²) in [4.78, 5) is 15.2. The summed E-state index contributed by atoms with van der Waals surface area (Å²) in [6.07, 6.45) is 2.36. The van der Waals surface area contributed by atoms with Gasteiger partial charge in [-0.2, -0.15) is 0 Å². The van der Waals surface area contributed by atoms with Gasteiger partial charge >= 0.3 is 5.63 Å². The van der Waals surface area contributed by atoms with E-state index in [2.05, 4.69) is 11.8 Å². The van der Waals surface area contributed by atoms with Crippen LogP contribution in [0.4, 0.5) is 0 Å². The Kier molecular flexibility index (Phi) is 5.68. The van der Waals surface area contributed by atoms with Crippen LogP contribution in [-0.2, 0) is 6.54 Å². The van der Waals surface area contributed by atoms with Crippen molar-refractivity contribution in [3.63, 3.8) is 0 Å². The van der Waals surface area contributed by atoms with E-state index >= 15 is 0 Å². The highest BCUT2D eigenvalue weighted by Gasteiger charge is 2.21. The van der Waals surface area contributed by atoms with Crippen LogP contribution in [0.15, 0.2) is 45.6 Å². The van der Waals surface area contributed by atoms with Crippen molar-refractivity contribution in [1.82, 2.24) is 4.90 Å². The van der Waals surface area contributed by atoms with E-state index in [4.69, 9.17) is 13.9 Å². The highest BCUT2D eigenvalue weighted by molar-refractivity contribution is 5.86. The number of likely N-dealkylation sites (tertiary alicyclic amines) is 1. The number of piperidine rings is 1. The lowest BCUT2D eigenvalue weighted by Gasteiger charge is -2.31. The molecule has 0 aliphatic carbocycles. The van der Waals surface area contributed by atoms with Crippen LogP contribution in [-0.4, -0.2) is 37.3 Å².